The molecular formula is C20H30N5O2+. The largest absolute Gasteiger partial charge is 0.383 e. The van der Waals surface area contributed by atoms with E-state index in [0.29, 0.717) is 30.2 Å². The topological polar surface area (TPSA) is 104 Å². The lowest BCUT2D eigenvalue weighted by molar-refractivity contribution is -0.579. The van der Waals surface area contributed by atoms with E-state index in [9.17, 15) is 9.59 Å². The number of nitrogens with two attached hydrogens (primary N) is 2. The summed E-state index contributed by atoms with van der Waals surface area (Å²) in [5, 5.41) is 4.91. The fourth-order valence-electron chi connectivity index (χ4n) is 3.12. The van der Waals surface area contributed by atoms with Crippen LogP contribution in [0.25, 0.3) is 0 Å². The van der Waals surface area contributed by atoms with Gasteiger partial charge in [-0.05, 0) is 44.5 Å². The zero-order valence-electron chi connectivity index (χ0n) is 16.8. The first-order valence-electron chi connectivity index (χ1n) is 9.25. The highest BCUT2D eigenvalue weighted by molar-refractivity contribution is 6.01. The summed E-state index contributed by atoms with van der Waals surface area (Å²) in [4.78, 5) is 30.4. The summed E-state index contributed by atoms with van der Waals surface area (Å²) in [6.45, 7) is 8.47. The van der Waals surface area contributed by atoms with Crippen LogP contribution in [0.4, 0.5) is 5.69 Å². The molecule has 0 fully saturated rings. The lowest BCUT2D eigenvalue weighted by atomic mass is 10.0. The Morgan fingerprint density at radius 1 is 1.30 bits per heavy atom. The number of aliphatic imine (C=N–C) groups is 1. The third-order valence-corrected chi connectivity index (χ3v) is 4.48. The quantitative estimate of drug-likeness (QED) is 0.526. The van der Waals surface area contributed by atoms with Crippen LogP contribution in [0, 0.1) is 6.92 Å². The normalized spacial score (nSPS) is 15.3. The minimum atomic E-state index is -0.133. The molecule has 0 saturated carbocycles. The number of carbonyl (C=O) groups is 2. The minimum absolute atomic E-state index is 0.0265. The van der Waals surface area contributed by atoms with Gasteiger partial charge in [0.2, 0.25) is 5.91 Å². The molecule has 0 saturated heterocycles. The van der Waals surface area contributed by atoms with E-state index in [1.165, 1.54) is 0 Å². The summed E-state index contributed by atoms with van der Waals surface area (Å²) < 4.78 is 0. The molecule has 5 N–H and O–H groups in total. The van der Waals surface area contributed by atoms with Crippen LogP contribution in [0.15, 0.2) is 34.5 Å². The third-order valence-electron chi connectivity index (χ3n) is 4.48. The highest BCUT2D eigenvalue weighted by Gasteiger charge is 2.25. The smallest absolute Gasteiger partial charge is 0.251 e. The van der Waals surface area contributed by atoms with Gasteiger partial charge in [-0.25, -0.2) is 4.99 Å². The molecule has 1 heterocycles. The Labute approximate surface area is 160 Å². The molecule has 0 bridgehead atoms. The predicted molar refractivity (Wildman–Crippen MR) is 107 cm³/mol. The zero-order chi connectivity index (χ0) is 20.1. The van der Waals surface area contributed by atoms with E-state index in [2.05, 4.69) is 10.3 Å². The van der Waals surface area contributed by atoms with Gasteiger partial charge >= 0.3 is 0 Å². The second-order valence-corrected chi connectivity index (χ2v) is 7.17. The van der Waals surface area contributed by atoms with E-state index in [1.54, 1.807) is 17.9 Å². The summed E-state index contributed by atoms with van der Waals surface area (Å²) in [7, 11) is 1.97. The molecule has 7 heteroatoms. The fourth-order valence-corrected chi connectivity index (χ4v) is 3.12. The molecule has 1 aromatic rings. The number of carbonyl (C=O) groups excluding carboxylic acids is 2. The number of amides is 2. The maximum atomic E-state index is 12.3. The Bertz CT molecular complexity index is 796. The molecule has 0 spiro atoms. The van der Waals surface area contributed by atoms with Crippen LogP contribution in [0.3, 0.4) is 0 Å². The summed E-state index contributed by atoms with van der Waals surface area (Å²) in [5.74, 6) is 0.277. The van der Waals surface area contributed by atoms with Crippen molar-refractivity contribution in [3.05, 3.63) is 40.6 Å². The Morgan fingerprint density at radius 3 is 2.59 bits per heavy atom. The molecule has 0 radical (unpaired) electrons. The number of hydrogen-bond acceptors (Lipinski definition) is 3. The van der Waals surface area contributed by atoms with Gasteiger partial charge in [-0.3, -0.25) is 9.59 Å². The highest BCUT2D eigenvalue weighted by atomic mass is 16.2. The monoisotopic (exact) mass is 372 g/mol. The molecule has 27 heavy (non-hydrogen) atoms. The SMILES string of the molecule is C[NH2+]C1=C(C(N)=Nc2cc(C)cc(C(=O)NC(C)C)c2)CN(C(C)=O)CC1. The highest BCUT2D eigenvalue weighted by Crippen LogP contribution is 2.20. The van der Waals surface area contributed by atoms with Crippen molar-refractivity contribution in [3.63, 3.8) is 0 Å². The van der Waals surface area contributed by atoms with Crippen LogP contribution in [0.5, 0.6) is 0 Å². The van der Waals surface area contributed by atoms with Crippen LogP contribution < -0.4 is 16.4 Å². The van der Waals surface area contributed by atoms with Crippen molar-refractivity contribution < 1.29 is 14.9 Å². The summed E-state index contributed by atoms with van der Waals surface area (Å²) in [6.07, 6.45) is 0.761. The molecule has 0 aliphatic carbocycles. The molecular weight excluding hydrogens is 342 g/mol. The Morgan fingerprint density at radius 2 is 2.00 bits per heavy atom. The summed E-state index contributed by atoms with van der Waals surface area (Å²) in [5.41, 5.74) is 10.4. The number of quaternary nitrogens is 1. The first kappa shape index (κ1) is 20.6. The number of nitrogens with one attached hydrogen (secondary N) is 1. The summed E-state index contributed by atoms with van der Waals surface area (Å²) in [6, 6.07) is 5.51. The van der Waals surface area contributed by atoms with Gasteiger partial charge in [0, 0.05) is 31.5 Å². The standard InChI is InChI=1S/C20H29N5O2/c1-12(2)23-20(27)15-8-13(3)9-16(10-15)24-19(21)17-11-25(14(4)26)7-6-18(17)22-5/h8-10,12,22H,6-7,11H2,1-5H3,(H2,21,24)(H,23,27)/p+1. The van der Waals surface area contributed by atoms with Gasteiger partial charge in [-0.2, -0.15) is 0 Å². The van der Waals surface area contributed by atoms with E-state index in [4.69, 9.17) is 5.73 Å². The van der Waals surface area contributed by atoms with Crippen molar-refractivity contribution in [2.75, 3.05) is 20.1 Å². The van der Waals surface area contributed by atoms with Crippen LogP contribution >= 0.6 is 0 Å². The van der Waals surface area contributed by atoms with Crippen molar-refractivity contribution in [2.24, 2.45) is 10.7 Å². The lowest BCUT2D eigenvalue weighted by Crippen LogP contribution is -2.79. The number of aryl methyl sites for hydroxylation is 1. The molecule has 0 aromatic heterocycles. The number of nitrogens with zero attached hydrogens (tertiary/aromatic N) is 2. The number of rotatable bonds is 5. The van der Waals surface area contributed by atoms with E-state index in [-0.39, 0.29) is 17.9 Å². The Kier molecular flexibility index (Phi) is 6.74. The second-order valence-electron chi connectivity index (χ2n) is 7.17. The van der Waals surface area contributed by atoms with Crippen molar-refractivity contribution in [2.45, 2.75) is 40.2 Å². The molecule has 1 aliphatic rings. The Balaban J connectivity index is 2.36. The molecule has 0 unspecified atom stereocenters. The number of amidine groups is 1. The van der Waals surface area contributed by atoms with Crippen LogP contribution in [-0.4, -0.2) is 48.7 Å². The van der Waals surface area contributed by atoms with Gasteiger partial charge in [0.15, 0.2) is 0 Å². The van der Waals surface area contributed by atoms with Crippen molar-refractivity contribution in [1.82, 2.24) is 10.2 Å². The average Bonchev–Trinajstić information content (AvgIpc) is 2.59. The molecule has 7 nitrogen and oxygen atoms in total. The minimum Gasteiger partial charge on any atom is -0.383 e. The molecule has 2 rings (SSSR count). The van der Waals surface area contributed by atoms with Crippen LogP contribution in [-0.2, 0) is 4.79 Å². The third kappa shape index (κ3) is 5.40. The fraction of sp³-hybridized carbons (Fsp3) is 0.450. The van der Waals surface area contributed by atoms with Gasteiger partial charge in [0.05, 0.1) is 24.9 Å². The van der Waals surface area contributed by atoms with E-state index < -0.39 is 0 Å². The molecule has 1 aromatic carbocycles. The van der Waals surface area contributed by atoms with Crippen molar-refractivity contribution >= 4 is 23.3 Å². The number of benzene rings is 1. The molecule has 146 valence electrons. The molecule has 0 atom stereocenters. The van der Waals surface area contributed by atoms with Crippen molar-refractivity contribution in [3.8, 4) is 0 Å². The van der Waals surface area contributed by atoms with Crippen molar-refractivity contribution in [1.29, 1.82) is 0 Å². The first-order chi connectivity index (χ1) is 12.7. The second kappa shape index (κ2) is 8.81. The maximum Gasteiger partial charge on any atom is 0.251 e. The number of hydrogen-bond donors (Lipinski definition) is 3. The van der Waals surface area contributed by atoms with Gasteiger partial charge in [-0.15, -0.1) is 0 Å². The first-order valence-corrected chi connectivity index (χ1v) is 9.25. The maximum absolute atomic E-state index is 12.3. The summed E-state index contributed by atoms with van der Waals surface area (Å²) >= 11 is 0. The van der Waals surface area contributed by atoms with E-state index in [1.807, 2.05) is 45.3 Å². The van der Waals surface area contributed by atoms with E-state index >= 15 is 0 Å². The van der Waals surface area contributed by atoms with Gasteiger partial charge in [0.25, 0.3) is 5.91 Å². The van der Waals surface area contributed by atoms with E-state index in [0.717, 1.165) is 23.3 Å². The zero-order valence-corrected chi connectivity index (χ0v) is 16.8. The lowest BCUT2D eigenvalue weighted by Gasteiger charge is -2.27. The van der Waals surface area contributed by atoms with Gasteiger partial charge in [0.1, 0.15) is 11.5 Å². The van der Waals surface area contributed by atoms with Gasteiger partial charge in [-0.1, -0.05) is 0 Å². The van der Waals surface area contributed by atoms with Crippen LogP contribution in [0.1, 0.15) is 43.1 Å². The van der Waals surface area contributed by atoms with Gasteiger partial charge < -0.3 is 21.3 Å². The Hall–Kier alpha value is -2.67. The average molecular weight is 372 g/mol. The van der Waals surface area contributed by atoms with Crippen LogP contribution in [0.2, 0.25) is 0 Å². The molecule has 1 aliphatic heterocycles. The molecule has 2 amide bonds. The predicted octanol–water partition coefficient (Wildman–Crippen LogP) is 0.821.